The summed E-state index contributed by atoms with van der Waals surface area (Å²) in [6.07, 6.45) is 0.750. The Hall–Kier alpha value is -0.490. The van der Waals surface area contributed by atoms with Gasteiger partial charge in [0.25, 0.3) is 0 Å². The Morgan fingerprint density at radius 1 is 1.88 bits per heavy atom. The zero-order valence-electron chi connectivity index (χ0n) is 4.26. The average Bonchev–Trinajstić information content (AvgIpc) is 2.14. The van der Waals surface area contributed by atoms with Gasteiger partial charge in [-0.1, -0.05) is 11.8 Å². The van der Waals surface area contributed by atoms with E-state index in [2.05, 4.69) is 0 Å². The van der Waals surface area contributed by atoms with Crippen LogP contribution in [-0.4, -0.2) is 10.9 Å². The molecule has 0 saturated carbocycles. The summed E-state index contributed by atoms with van der Waals surface area (Å²) in [5.74, 6) is 0.525. The van der Waals surface area contributed by atoms with Crippen LogP contribution >= 0.6 is 11.8 Å². The van der Waals surface area contributed by atoms with Gasteiger partial charge < -0.3 is 0 Å². The van der Waals surface area contributed by atoms with Crippen molar-refractivity contribution in [1.82, 2.24) is 0 Å². The van der Waals surface area contributed by atoms with Crippen molar-refractivity contribution in [2.24, 2.45) is 5.92 Å². The van der Waals surface area contributed by atoms with Crippen molar-refractivity contribution in [3.63, 3.8) is 0 Å². The predicted molar refractivity (Wildman–Crippen MR) is 31.2 cm³/mol. The lowest BCUT2D eigenvalue weighted by Crippen LogP contribution is -1.98. The molecule has 0 radical (unpaired) electrons. The summed E-state index contributed by atoms with van der Waals surface area (Å²) in [7, 11) is 0. The fourth-order valence-corrected chi connectivity index (χ4v) is 1.54. The summed E-state index contributed by atoms with van der Waals surface area (Å²) in [6, 6.07) is 1.94. The second kappa shape index (κ2) is 2.19. The van der Waals surface area contributed by atoms with Gasteiger partial charge in [-0.25, -0.2) is 0 Å². The van der Waals surface area contributed by atoms with E-state index in [4.69, 9.17) is 5.26 Å². The highest BCUT2D eigenvalue weighted by Crippen LogP contribution is 2.24. The summed E-state index contributed by atoms with van der Waals surface area (Å²) >= 11 is 1.27. The molecule has 42 valence electrons. The van der Waals surface area contributed by atoms with Crippen molar-refractivity contribution in [3.8, 4) is 6.07 Å². The number of nitriles is 1. The molecular weight excluding hydrogens is 122 g/mol. The van der Waals surface area contributed by atoms with Crippen LogP contribution in [0.15, 0.2) is 0 Å². The molecule has 0 aromatic carbocycles. The topological polar surface area (TPSA) is 40.9 Å². The van der Waals surface area contributed by atoms with Gasteiger partial charge in [0.1, 0.15) is 5.92 Å². The Labute approximate surface area is 51.9 Å². The van der Waals surface area contributed by atoms with E-state index in [0.29, 0.717) is 0 Å². The molecular formula is C5H5NOS. The van der Waals surface area contributed by atoms with Gasteiger partial charge in [0.2, 0.25) is 5.12 Å². The van der Waals surface area contributed by atoms with Crippen LogP contribution in [0, 0.1) is 17.2 Å². The summed E-state index contributed by atoms with van der Waals surface area (Å²) in [6.45, 7) is 0. The van der Waals surface area contributed by atoms with Gasteiger partial charge in [0.05, 0.1) is 6.07 Å². The molecule has 0 spiro atoms. The van der Waals surface area contributed by atoms with Crippen LogP contribution in [0.4, 0.5) is 0 Å². The number of carbonyl (C=O) groups excluding carboxylic acids is 1. The van der Waals surface area contributed by atoms with Crippen molar-refractivity contribution in [1.29, 1.82) is 5.26 Å². The van der Waals surface area contributed by atoms with Crippen molar-refractivity contribution < 1.29 is 4.79 Å². The van der Waals surface area contributed by atoms with Gasteiger partial charge in [-0.05, 0) is 6.42 Å². The molecule has 0 amide bonds. The lowest BCUT2D eigenvalue weighted by atomic mass is 10.1. The minimum atomic E-state index is -0.306. The maximum Gasteiger partial charge on any atom is 0.206 e. The highest BCUT2D eigenvalue weighted by Gasteiger charge is 2.24. The molecule has 1 rings (SSSR count). The molecule has 0 N–H and O–H groups in total. The Morgan fingerprint density at radius 2 is 2.62 bits per heavy atom. The van der Waals surface area contributed by atoms with E-state index in [1.54, 1.807) is 0 Å². The summed E-state index contributed by atoms with van der Waals surface area (Å²) in [5, 5.41) is 8.30. The minimum Gasteiger partial charge on any atom is -0.286 e. The van der Waals surface area contributed by atoms with E-state index in [-0.39, 0.29) is 11.0 Å². The van der Waals surface area contributed by atoms with Gasteiger partial charge in [-0.2, -0.15) is 5.26 Å². The summed E-state index contributed by atoms with van der Waals surface area (Å²) < 4.78 is 0. The Balaban J connectivity index is 2.58. The van der Waals surface area contributed by atoms with Crippen LogP contribution < -0.4 is 0 Å². The minimum absolute atomic E-state index is 0.0486. The van der Waals surface area contributed by atoms with E-state index < -0.39 is 0 Å². The molecule has 1 aliphatic heterocycles. The maximum absolute atomic E-state index is 10.5. The maximum atomic E-state index is 10.5. The van der Waals surface area contributed by atoms with Gasteiger partial charge in [0.15, 0.2) is 0 Å². The molecule has 2 nitrogen and oxygen atoms in total. The van der Waals surface area contributed by atoms with Crippen molar-refractivity contribution in [3.05, 3.63) is 0 Å². The molecule has 8 heavy (non-hydrogen) atoms. The highest BCUT2D eigenvalue weighted by molar-refractivity contribution is 8.14. The van der Waals surface area contributed by atoms with Crippen LogP contribution in [0.1, 0.15) is 6.42 Å². The van der Waals surface area contributed by atoms with E-state index in [1.165, 1.54) is 11.8 Å². The molecule has 0 aromatic rings. The summed E-state index contributed by atoms with van der Waals surface area (Å²) in [5.41, 5.74) is 0. The van der Waals surface area contributed by atoms with E-state index in [9.17, 15) is 4.79 Å². The number of carbonyl (C=O) groups is 1. The summed E-state index contributed by atoms with van der Waals surface area (Å²) in [4.78, 5) is 10.5. The third kappa shape index (κ3) is 0.846. The molecule has 1 heterocycles. The fraction of sp³-hybridized carbons (Fsp3) is 0.600. The van der Waals surface area contributed by atoms with Crippen molar-refractivity contribution in [2.45, 2.75) is 6.42 Å². The second-order valence-corrected chi connectivity index (χ2v) is 2.74. The third-order valence-corrected chi connectivity index (χ3v) is 2.10. The smallest absolute Gasteiger partial charge is 0.206 e. The molecule has 0 aliphatic carbocycles. The van der Waals surface area contributed by atoms with Gasteiger partial charge in [0, 0.05) is 5.75 Å². The molecule has 1 fully saturated rings. The number of thioether (sulfide) groups is 1. The van der Waals surface area contributed by atoms with Gasteiger partial charge in [-0.15, -0.1) is 0 Å². The van der Waals surface area contributed by atoms with E-state index >= 15 is 0 Å². The quantitative estimate of drug-likeness (QED) is 0.483. The first kappa shape index (κ1) is 5.64. The average molecular weight is 127 g/mol. The third-order valence-electron chi connectivity index (χ3n) is 1.09. The molecule has 0 aromatic heterocycles. The standard InChI is InChI=1S/C5H5NOS/c6-3-4-1-2-8-5(4)7/h4H,1-2H2. The zero-order valence-corrected chi connectivity index (χ0v) is 5.07. The molecule has 1 atom stereocenters. The Bertz CT molecular complexity index is 149. The van der Waals surface area contributed by atoms with Crippen LogP contribution in [0.5, 0.6) is 0 Å². The van der Waals surface area contributed by atoms with Crippen LogP contribution in [0.3, 0.4) is 0 Å². The van der Waals surface area contributed by atoms with Crippen molar-refractivity contribution >= 4 is 16.9 Å². The largest absolute Gasteiger partial charge is 0.286 e. The van der Waals surface area contributed by atoms with Crippen LogP contribution in [0.25, 0.3) is 0 Å². The lowest BCUT2D eigenvalue weighted by Gasteiger charge is -1.86. The monoisotopic (exact) mass is 127 g/mol. The van der Waals surface area contributed by atoms with E-state index in [0.717, 1.165) is 12.2 Å². The molecule has 3 heteroatoms. The molecule has 0 bridgehead atoms. The number of rotatable bonds is 0. The normalized spacial score (nSPS) is 27.9. The van der Waals surface area contributed by atoms with Gasteiger partial charge >= 0.3 is 0 Å². The van der Waals surface area contributed by atoms with E-state index in [1.807, 2.05) is 6.07 Å². The number of hydrogen-bond acceptors (Lipinski definition) is 3. The fourth-order valence-electron chi connectivity index (χ4n) is 0.613. The first-order valence-electron chi connectivity index (χ1n) is 2.41. The first-order valence-corrected chi connectivity index (χ1v) is 3.39. The van der Waals surface area contributed by atoms with Crippen molar-refractivity contribution in [2.75, 3.05) is 5.75 Å². The molecule has 1 unspecified atom stereocenters. The highest BCUT2D eigenvalue weighted by atomic mass is 32.2. The van der Waals surface area contributed by atoms with Gasteiger partial charge in [-0.3, -0.25) is 4.79 Å². The zero-order chi connectivity index (χ0) is 5.98. The van der Waals surface area contributed by atoms with Crippen LogP contribution in [0.2, 0.25) is 0 Å². The lowest BCUT2D eigenvalue weighted by molar-refractivity contribution is -0.112. The molecule has 1 saturated heterocycles. The number of hydrogen-bond donors (Lipinski definition) is 0. The SMILES string of the molecule is N#CC1CCSC1=O. The molecule has 1 aliphatic rings. The van der Waals surface area contributed by atoms with Crippen LogP contribution in [-0.2, 0) is 4.79 Å². The first-order chi connectivity index (χ1) is 3.84. The predicted octanol–water partition coefficient (Wildman–Crippen LogP) is 0.790. The Kier molecular flexibility index (Phi) is 1.54. The Morgan fingerprint density at radius 3 is 2.88 bits per heavy atom. The number of nitrogens with zero attached hydrogens (tertiary/aromatic N) is 1. The second-order valence-electron chi connectivity index (χ2n) is 1.64.